The van der Waals surface area contributed by atoms with Gasteiger partial charge in [-0.1, -0.05) is 213 Å². The molecule has 0 saturated carbocycles. The third-order valence-corrected chi connectivity index (χ3v) is 9.83. The van der Waals surface area contributed by atoms with Crippen molar-refractivity contribution in [2.75, 3.05) is 13.2 Å². The minimum Gasteiger partial charge on any atom is -0.462 e. The Morgan fingerprint density at radius 1 is 0.458 bits per heavy atom. The first-order valence-electron chi connectivity index (χ1n) is 21.5. The van der Waals surface area contributed by atoms with Gasteiger partial charge in [-0.15, -0.1) is 0 Å². The summed E-state index contributed by atoms with van der Waals surface area (Å²) < 4.78 is 10.6. The molecule has 48 heavy (non-hydrogen) atoms. The molecule has 0 radical (unpaired) electrons. The number of unbranched alkanes of at least 4 members (excludes halogenated alkanes) is 29. The molecule has 1 atom stereocenters. The molecule has 286 valence electrons. The van der Waals surface area contributed by atoms with E-state index >= 15 is 0 Å². The smallest absolute Gasteiger partial charge is 0.306 e. The highest BCUT2D eigenvalue weighted by molar-refractivity contribution is 5.70. The molecule has 0 aliphatic carbocycles. The standard InChI is InChI=1S/C43H84O5/c1-4-5-6-7-8-9-10-11-12-13-14-15-18-22-25-28-31-34-37-43(46)48-41(38-44)39-47-42(45)36-33-30-27-24-21-19-16-17-20-23-26-29-32-35-40(2)3/h40-41,44H,4-39H2,1-3H3/t41-/m0/s1. The first-order valence-corrected chi connectivity index (χ1v) is 21.5. The number of hydrogen-bond donors (Lipinski definition) is 1. The Balaban J connectivity index is 3.47. The van der Waals surface area contributed by atoms with Crippen molar-refractivity contribution in [3.05, 3.63) is 0 Å². The number of rotatable bonds is 39. The maximum absolute atomic E-state index is 12.2. The number of aliphatic hydroxyl groups excluding tert-OH is 1. The molecular formula is C43H84O5. The van der Waals surface area contributed by atoms with Crippen LogP contribution in [0.5, 0.6) is 0 Å². The van der Waals surface area contributed by atoms with Crippen molar-refractivity contribution < 1.29 is 24.2 Å². The van der Waals surface area contributed by atoms with Gasteiger partial charge >= 0.3 is 11.9 Å². The van der Waals surface area contributed by atoms with Gasteiger partial charge in [-0.25, -0.2) is 0 Å². The van der Waals surface area contributed by atoms with E-state index in [2.05, 4.69) is 20.8 Å². The maximum Gasteiger partial charge on any atom is 0.306 e. The van der Waals surface area contributed by atoms with Gasteiger partial charge in [0.15, 0.2) is 6.10 Å². The lowest BCUT2D eigenvalue weighted by atomic mass is 10.0. The van der Waals surface area contributed by atoms with Crippen LogP contribution in [0.25, 0.3) is 0 Å². The topological polar surface area (TPSA) is 72.8 Å². The number of ether oxygens (including phenoxy) is 2. The normalized spacial score (nSPS) is 12.1. The van der Waals surface area contributed by atoms with Crippen molar-refractivity contribution in [1.82, 2.24) is 0 Å². The monoisotopic (exact) mass is 681 g/mol. The first kappa shape index (κ1) is 46.9. The Bertz CT molecular complexity index is 664. The molecule has 0 unspecified atom stereocenters. The molecule has 0 heterocycles. The van der Waals surface area contributed by atoms with Crippen molar-refractivity contribution in [3.8, 4) is 0 Å². The predicted octanol–water partition coefficient (Wildman–Crippen LogP) is 13.4. The second-order valence-corrected chi connectivity index (χ2v) is 15.3. The van der Waals surface area contributed by atoms with Gasteiger partial charge in [0.05, 0.1) is 6.61 Å². The SMILES string of the molecule is CCCCCCCCCCCCCCCCCCCCC(=O)O[C@@H](CO)COC(=O)CCCCCCCCCCCCCCCC(C)C. The summed E-state index contributed by atoms with van der Waals surface area (Å²) in [4.78, 5) is 24.3. The summed E-state index contributed by atoms with van der Waals surface area (Å²) in [7, 11) is 0. The van der Waals surface area contributed by atoms with Crippen LogP contribution in [0.2, 0.25) is 0 Å². The summed E-state index contributed by atoms with van der Waals surface area (Å²) in [5.41, 5.74) is 0. The minimum absolute atomic E-state index is 0.0574. The van der Waals surface area contributed by atoms with E-state index < -0.39 is 6.10 Å². The van der Waals surface area contributed by atoms with Crippen molar-refractivity contribution in [2.45, 2.75) is 245 Å². The zero-order chi connectivity index (χ0) is 35.2. The fourth-order valence-corrected chi connectivity index (χ4v) is 6.56. The molecule has 0 spiro atoms. The van der Waals surface area contributed by atoms with Crippen LogP contribution in [0.3, 0.4) is 0 Å². The van der Waals surface area contributed by atoms with E-state index in [1.54, 1.807) is 0 Å². The lowest BCUT2D eigenvalue weighted by Gasteiger charge is -2.15. The Kier molecular flexibility index (Phi) is 37.8. The van der Waals surface area contributed by atoms with E-state index in [4.69, 9.17) is 9.47 Å². The summed E-state index contributed by atoms with van der Waals surface area (Å²) in [6, 6.07) is 0. The van der Waals surface area contributed by atoms with E-state index in [0.29, 0.717) is 12.8 Å². The molecule has 5 nitrogen and oxygen atoms in total. The molecule has 0 rings (SSSR count). The molecule has 0 aromatic heterocycles. The van der Waals surface area contributed by atoms with Crippen LogP contribution in [0.1, 0.15) is 239 Å². The zero-order valence-corrected chi connectivity index (χ0v) is 32.7. The Morgan fingerprint density at radius 3 is 1.10 bits per heavy atom. The minimum atomic E-state index is -0.762. The van der Waals surface area contributed by atoms with Gasteiger partial charge < -0.3 is 14.6 Å². The van der Waals surface area contributed by atoms with Gasteiger partial charge in [-0.2, -0.15) is 0 Å². The number of hydrogen-bond acceptors (Lipinski definition) is 5. The van der Waals surface area contributed by atoms with Crippen LogP contribution in [0.15, 0.2) is 0 Å². The van der Waals surface area contributed by atoms with Crippen LogP contribution in [-0.4, -0.2) is 36.4 Å². The van der Waals surface area contributed by atoms with Gasteiger partial charge in [0, 0.05) is 12.8 Å². The molecule has 5 heteroatoms. The van der Waals surface area contributed by atoms with Crippen LogP contribution in [0, 0.1) is 5.92 Å². The second-order valence-electron chi connectivity index (χ2n) is 15.3. The summed E-state index contributed by atoms with van der Waals surface area (Å²) >= 11 is 0. The lowest BCUT2D eigenvalue weighted by Crippen LogP contribution is -2.28. The summed E-state index contributed by atoms with van der Waals surface area (Å²) in [6.07, 6.45) is 41.7. The third-order valence-electron chi connectivity index (χ3n) is 9.83. The molecule has 0 bridgehead atoms. The molecule has 0 aromatic carbocycles. The predicted molar refractivity (Wildman–Crippen MR) is 205 cm³/mol. The average Bonchev–Trinajstić information content (AvgIpc) is 3.07. The van der Waals surface area contributed by atoms with E-state index in [1.165, 1.54) is 173 Å². The summed E-state index contributed by atoms with van der Waals surface area (Å²) in [5.74, 6) is 0.273. The van der Waals surface area contributed by atoms with Crippen molar-refractivity contribution in [1.29, 1.82) is 0 Å². The Morgan fingerprint density at radius 2 is 0.771 bits per heavy atom. The fourth-order valence-electron chi connectivity index (χ4n) is 6.56. The quantitative estimate of drug-likeness (QED) is 0.0517. The summed E-state index contributed by atoms with van der Waals surface area (Å²) in [6.45, 7) is 6.53. The average molecular weight is 681 g/mol. The van der Waals surface area contributed by atoms with E-state index in [1.807, 2.05) is 0 Å². The van der Waals surface area contributed by atoms with E-state index in [0.717, 1.165) is 38.0 Å². The highest BCUT2D eigenvalue weighted by Crippen LogP contribution is 2.16. The van der Waals surface area contributed by atoms with E-state index in [9.17, 15) is 14.7 Å². The van der Waals surface area contributed by atoms with Gasteiger partial charge in [0.25, 0.3) is 0 Å². The van der Waals surface area contributed by atoms with Gasteiger partial charge in [0.1, 0.15) is 6.61 Å². The van der Waals surface area contributed by atoms with Crippen LogP contribution < -0.4 is 0 Å². The molecule has 0 aliphatic heterocycles. The number of carbonyl (C=O) groups is 2. The zero-order valence-electron chi connectivity index (χ0n) is 32.7. The van der Waals surface area contributed by atoms with Crippen molar-refractivity contribution >= 4 is 11.9 Å². The van der Waals surface area contributed by atoms with Crippen molar-refractivity contribution in [3.63, 3.8) is 0 Å². The molecule has 0 fully saturated rings. The number of aliphatic hydroxyl groups is 1. The molecular weight excluding hydrogens is 596 g/mol. The Hall–Kier alpha value is -1.10. The van der Waals surface area contributed by atoms with Crippen LogP contribution in [-0.2, 0) is 19.1 Å². The van der Waals surface area contributed by atoms with Gasteiger partial charge in [-0.05, 0) is 18.8 Å². The molecule has 0 amide bonds. The lowest BCUT2D eigenvalue weighted by molar-refractivity contribution is -0.161. The van der Waals surface area contributed by atoms with Gasteiger partial charge in [0.2, 0.25) is 0 Å². The largest absolute Gasteiger partial charge is 0.462 e. The molecule has 0 aliphatic rings. The maximum atomic E-state index is 12.2. The number of esters is 2. The van der Waals surface area contributed by atoms with Crippen LogP contribution >= 0.6 is 0 Å². The highest BCUT2D eigenvalue weighted by atomic mass is 16.6. The molecule has 1 N–H and O–H groups in total. The second kappa shape index (κ2) is 38.7. The summed E-state index contributed by atoms with van der Waals surface area (Å²) in [5, 5.41) is 9.57. The fraction of sp³-hybridized carbons (Fsp3) is 0.953. The van der Waals surface area contributed by atoms with Crippen molar-refractivity contribution in [2.24, 2.45) is 5.92 Å². The highest BCUT2D eigenvalue weighted by Gasteiger charge is 2.16. The first-order chi connectivity index (χ1) is 23.5. The van der Waals surface area contributed by atoms with Crippen LogP contribution in [0.4, 0.5) is 0 Å². The van der Waals surface area contributed by atoms with E-state index in [-0.39, 0.29) is 25.2 Å². The molecule has 0 saturated heterocycles. The molecule has 0 aromatic rings. The van der Waals surface area contributed by atoms with Gasteiger partial charge in [-0.3, -0.25) is 9.59 Å². The number of carbonyl (C=O) groups excluding carboxylic acids is 2. The Labute approximate surface area is 299 Å². The third kappa shape index (κ3) is 37.7.